The van der Waals surface area contributed by atoms with Crippen LogP contribution in [0.1, 0.15) is 11.1 Å². The van der Waals surface area contributed by atoms with Crippen LogP contribution in [0, 0.1) is 5.82 Å². The number of nitrogens with one attached hydrogen (secondary N) is 2. The van der Waals surface area contributed by atoms with Gasteiger partial charge in [0, 0.05) is 5.69 Å². The van der Waals surface area contributed by atoms with Crippen LogP contribution in [0.4, 0.5) is 10.1 Å². The standard InChI is InChI=1S/C14H12FN3O/c15-10-3-1-8(2-4-10)5-9-6-13-11(7-12(9)16)14(19)18-17-13/h1-4,6-7H,5,16H2,(H2,17,18,19). The fourth-order valence-electron chi connectivity index (χ4n) is 2.12. The van der Waals surface area contributed by atoms with E-state index in [0.29, 0.717) is 17.5 Å². The maximum atomic E-state index is 12.8. The molecule has 0 fully saturated rings. The molecule has 0 bridgehead atoms. The van der Waals surface area contributed by atoms with Gasteiger partial charge in [-0.15, -0.1) is 0 Å². The number of nitrogens with two attached hydrogens (primary N) is 1. The zero-order valence-corrected chi connectivity index (χ0v) is 10.0. The maximum Gasteiger partial charge on any atom is 0.271 e. The number of aromatic amines is 2. The van der Waals surface area contributed by atoms with Crippen molar-refractivity contribution in [2.45, 2.75) is 6.42 Å². The lowest BCUT2D eigenvalue weighted by Gasteiger charge is -2.06. The lowest BCUT2D eigenvalue weighted by molar-refractivity contribution is 0.627. The van der Waals surface area contributed by atoms with Crippen LogP contribution in [0.3, 0.4) is 0 Å². The fourth-order valence-corrected chi connectivity index (χ4v) is 2.12. The number of halogens is 1. The smallest absolute Gasteiger partial charge is 0.271 e. The summed E-state index contributed by atoms with van der Waals surface area (Å²) in [7, 11) is 0. The number of fused-ring (bicyclic) bond motifs is 1. The molecule has 0 saturated carbocycles. The molecule has 4 N–H and O–H groups in total. The molecule has 2 aromatic carbocycles. The van der Waals surface area contributed by atoms with Gasteiger partial charge in [0.15, 0.2) is 0 Å². The topological polar surface area (TPSA) is 74.7 Å². The van der Waals surface area contributed by atoms with E-state index in [1.54, 1.807) is 18.2 Å². The third kappa shape index (κ3) is 2.10. The Balaban J connectivity index is 2.02. The molecule has 0 amide bonds. The van der Waals surface area contributed by atoms with Crippen molar-refractivity contribution in [1.82, 2.24) is 10.2 Å². The van der Waals surface area contributed by atoms with E-state index in [9.17, 15) is 9.18 Å². The molecule has 0 unspecified atom stereocenters. The summed E-state index contributed by atoms with van der Waals surface area (Å²) in [6.07, 6.45) is 0.593. The first-order chi connectivity index (χ1) is 9.13. The first-order valence-electron chi connectivity index (χ1n) is 5.86. The van der Waals surface area contributed by atoms with Gasteiger partial charge in [-0.05, 0) is 41.8 Å². The van der Waals surface area contributed by atoms with E-state index in [1.165, 1.54) is 12.1 Å². The molecule has 19 heavy (non-hydrogen) atoms. The number of H-pyrrole nitrogens is 2. The molecule has 96 valence electrons. The van der Waals surface area contributed by atoms with E-state index in [1.807, 2.05) is 6.07 Å². The number of hydrogen-bond acceptors (Lipinski definition) is 2. The Hall–Kier alpha value is -2.56. The average molecular weight is 257 g/mol. The highest BCUT2D eigenvalue weighted by Crippen LogP contribution is 2.21. The highest BCUT2D eigenvalue weighted by atomic mass is 19.1. The molecule has 3 rings (SSSR count). The minimum atomic E-state index is -0.262. The van der Waals surface area contributed by atoms with Gasteiger partial charge in [0.25, 0.3) is 5.56 Å². The van der Waals surface area contributed by atoms with Crippen molar-refractivity contribution < 1.29 is 4.39 Å². The molecule has 0 radical (unpaired) electrons. The molecule has 0 aliphatic carbocycles. The third-order valence-corrected chi connectivity index (χ3v) is 3.14. The number of hydrogen-bond donors (Lipinski definition) is 3. The van der Waals surface area contributed by atoms with Gasteiger partial charge in [-0.2, -0.15) is 0 Å². The summed E-state index contributed by atoms with van der Waals surface area (Å²) in [5.74, 6) is -0.262. The molecule has 0 atom stereocenters. The number of aromatic nitrogens is 2. The second-order valence-corrected chi connectivity index (χ2v) is 4.48. The predicted molar refractivity (Wildman–Crippen MR) is 72.5 cm³/mol. The van der Waals surface area contributed by atoms with Crippen molar-refractivity contribution in [1.29, 1.82) is 0 Å². The summed E-state index contributed by atoms with van der Waals surface area (Å²) < 4.78 is 12.8. The lowest BCUT2D eigenvalue weighted by Crippen LogP contribution is -2.00. The van der Waals surface area contributed by atoms with Crippen LogP contribution in [0.15, 0.2) is 41.2 Å². The van der Waals surface area contributed by atoms with Crippen LogP contribution in [0.2, 0.25) is 0 Å². The Bertz CT molecular complexity index is 787. The minimum Gasteiger partial charge on any atom is -0.398 e. The molecular formula is C14H12FN3O. The molecule has 0 spiro atoms. The largest absolute Gasteiger partial charge is 0.398 e. The molecule has 3 aromatic rings. The summed E-state index contributed by atoms with van der Waals surface area (Å²) >= 11 is 0. The Morgan fingerprint density at radius 3 is 2.58 bits per heavy atom. The highest BCUT2D eigenvalue weighted by Gasteiger charge is 2.07. The van der Waals surface area contributed by atoms with Crippen molar-refractivity contribution >= 4 is 16.6 Å². The summed E-state index contributed by atoms with van der Waals surface area (Å²) in [6.45, 7) is 0. The second kappa shape index (κ2) is 4.28. The Labute approximate surface area is 108 Å². The van der Waals surface area contributed by atoms with E-state index in [4.69, 9.17) is 5.73 Å². The van der Waals surface area contributed by atoms with Gasteiger partial charge in [-0.1, -0.05) is 12.1 Å². The first-order valence-corrected chi connectivity index (χ1v) is 5.86. The molecule has 1 heterocycles. The van der Waals surface area contributed by atoms with Gasteiger partial charge in [0.2, 0.25) is 0 Å². The predicted octanol–water partition coefficient (Wildman–Crippen LogP) is 2.17. The van der Waals surface area contributed by atoms with Crippen molar-refractivity contribution in [3.63, 3.8) is 0 Å². The van der Waals surface area contributed by atoms with Crippen molar-refractivity contribution in [2.75, 3.05) is 5.73 Å². The van der Waals surface area contributed by atoms with Crippen LogP contribution < -0.4 is 11.3 Å². The molecule has 4 nitrogen and oxygen atoms in total. The molecule has 1 aromatic heterocycles. The summed E-state index contributed by atoms with van der Waals surface area (Å²) in [5, 5.41) is 5.86. The van der Waals surface area contributed by atoms with Crippen molar-refractivity contribution in [2.24, 2.45) is 0 Å². The van der Waals surface area contributed by atoms with Crippen LogP contribution >= 0.6 is 0 Å². The van der Waals surface area contributed by atoms with Gasteiger partial charge in [-0.25, -0.2) is 4.39 Å². The SMILES string of the molecule is Nc1cc2c(=O)[nH][nH]c2cc1Cc1ccc(F)cc1. The van der Waals surface area contributed by atoms with E-state index in [2.05, 4.69) is 10.2 Å². The zero-order valence-electron chi connectivity index (χ0n) is 10.0. The highest BCUT2D eigenvalue weighted by molar-refractivity contribution is 5.83. The first kappa shape index (κ1) is 11.5. The zero-order chi connectivity index (χ0) is 13.4. The summed E-state index contributed by atoms with van der Waals surface area (Å²) in [6, 6.07) is 9.78. The Morgan fingerprint density at radius 2 is 1.84 bits per heavy atom. The number of rotatable bonds is 2. The summed E-state index contributed by atoms with van der Waals surface area (Å²) in [4.78, 5) is 11.5. The van der Waals surface area contributed by atoms with Gasteiger partial charge < -0.3 is 5.73 Å². The monoisotopic (exact) mass is 257 g/mol. The molecule has 0 aliphatic heterocycles. The minimum absolute atomic E-state index is 0.185. The van der Waals surface area contributed by atoms with Crippen molar-refractivity contribution in [3.05, 3.63) is 63.7 Å². The van der Waals surface area contributed by atoms with Gasteiger partial charge in [-0.3, -0.25) is 15.0 Å². The Morgan fingerprint density at radius 1 is 1.11 bits per heavy atom. The molecule has 5 heteroatoms. The summed E-state index contributed by atoms with van der Waals surface area (Å²) in [5.41, 5.74) is 8.90. The quantitative estimate of drug-likeness (QED) is 0.615. The Kier molecular flexibility index (Phi) is 2.59. The fraction of sp³-hybridized carbons (Fsp3) is 0.0714. The maximum absolute atomic E-state index is 12.8. The van der Waals surface area contributed by atoms with E-state index in [-0.39, 0.29) is 11.4 Å². The van der Waals surface area contributed by atoms with E-state index < -0.39 is 0 Å². The van der Waals surface area contributed by atoms with Crippen LogP contribution in [-0.4, -0.2) is 10.2 Å². The third-order valence-electron chi connectivity index (χ3n) is 3.14. The van der Waals surface area contributed by atoms with E-state index >= 15 is 0 Å². The van der Waals surface area contributed by atoms with Crippen LogP contribution in [0.5, 0.6) is 0 Å². The molecular weight excluding hydrogens is 245 g/mol. The normalized spacial score (nSPS) is 11.0. The van der Waals surface area contributed by atoms with Gasteiger partial charge in [0.1, 0.15) is 5.82 Å². The van der Waals surface area contributed by atoms with Gasteiger partial charge >= 0.3 is 0 Å². The number of nitrogen functional groups attached to an aromatic ring is 1. The van der Waals surface area contributed by atoms with Crippen molar-refractivity contribution in [3.8, 4) is 0 Å². The van der Waals surface area contributed by atoms with Crippen LogP contribution in [-0.2, 0) is 6.42 Å². The molecule has 0 aliphatic rings. The second-order valence-electron chi connectivity index (χ2n) is 4.48. The van der Waals surface area contributed by atoms with E-state index in [0.717, 1.165) is 16.6 Å². The van der Waals surface area contributed by atoms with Gasteiger partial charge in [0.05, 0.1) is 10.9 Å². The molecule has 0 saturated heterocycles. The lowest BCUT2D eigenvalue weighted by atomic mass is 10.0. The number of anilines is 1. The van der Waals surface area contributed by atoms with Crippen LogP contribution in [0.25, 0.3) is 10.9 Å². The number of benzene rings is 2. The average Bonchev–Trinajstić information content (AvgIpc) is 2.74.